The maximum atomic E-state index is 12.7. The maximum Gasteiger partial charge on any atom is 0.324 e. The van der Waals surface area contributed by atoms with Crippen molar-refractivity contribution in [2.24, 2.45) is 5.92 Å². The summed E-state index contributed by atoms with van der Waals surface area (Å²) in [5, 5.41) is 0. The molecule has 4 nitrogen and oxygen atoms in total. The highest BCUT2D eigenvalue weighted by molar-refractivity contribution is 5.94. The van der Waals surface area contributed by atoms with Crippen LogP contribution in [0.25, 0.3) is 0 Å². The third kappa shape index (κ3) is 1.90. The Morgan fingerprint density at radius 2 is 1.70 bits per heavy atom. The molecule has 0 N–H and O–H groups in total. The van der Waals surface area contributed by atoms with Crippen molar-refractivity contribution >= 4 is 11.7 Å². The third-order valence-corrected chi connectivity index (χ3v) is 5.13. The Hall–Kier alpha value is -1.55. The van der Waals surface area contributed by atoms with Crippen LogP contribution in [0, 0.1) is 5.92 Å². The zero-order valence-corrected chi connectivity index (χ0v) is 11.7. The number of rotatable bonds is 2. The Kier molecular flexibility index (Phi) is 2.91. The second-order valence-corrected chi connectivity index (χ2v) is 6.17. The van der Waals surface area contributed by atoms with Gasteiger partial charge >= 0.3 is 6.03 Å². The van der Waals surface area contributed by atoms with Gasteiger partial charge in [-0.2, -0.15) is 0 Å². The number of benzene rings is 1. The number of hydrogen-bond donors (Lipinski definition) is 0. The SMILES string of the molecule is O=C1N(c2ccccc2)CCN1C1CN2CCC1CC2. The van der Waals surface area contributed by atoms with Crippen LogP contribution in [0.2, 0.25) is 0 Å². The fourth-order valence-electron chi connectivity index (χ4n) is 4.00. The van der Waals surface area contributed by atoms with Crippen molar-refractivity contribution in [1.29, 1.82) is 0 Å². The summed E-state index contributed by atoms with van der Waals surface area (Å²) < 4.78 is 0. The molecule has 20 heavy (non-hydrogen) atoms. The lowest BCUT2D eigenvalue weighted by Crippen LogP contribution is -2.58. The van der Waals surface area contributed by atoms with E-state index < -0.39 is 0 Å². The maximum absolute atomic E-state index is 12.7. The first-order valence-electron chi connectivity index (χ1n) is 7.68. The molecule has 4 fully saturated rings. The van der Waals surface area contributed by atoms with Crippen molar-refractivity contribution in [2.75, 3.05) is 37.6 Å². The van der Waals surface area contributed by atoms with E-state index in [-0.39, 0.29) is 6.03 Å². The summed E-state index contributed by atoms with van der Waals surface area (Å²) in [6.07, 6.45) is 2.53. The Labute approximate surface area is 120 Å². The molecular weight excluding hydrogens is 250 g/mol. The zero-order chi connectivity index (χ0) is 13.5. The Morgan fingerprint density at radius 3 is 2.35 bits per heavy atom. The van der Waals surface area contributed by atoms with Gasteiger partial charge < -0.3 is 9.80 Å². The van der Waals surface area contributed by atoms with Crippen LogP contribution < -0.4 is 4.90 Å². The second kappa shape index (κ2) is 4.77. The van der Waals surface area contributed by atoms with Gasteiger partial charge in [0.2, 0.25) is 0 Å². The Morgan fingerprint density at radius 1 is 0.950 bits per heavy atom. The van der Waals surface area contributed by atoms with Gasteiger partial charge in [-0.05, 0) is 44.0 Å². The molecule has 4 aliphatic heterocycles. The van der Waals surface area contributed by atoms with E-state index in [1.54, 1.807) is 0 Å². The molecule has 2 amide bonds. The highest BCUT2D eigenvalue weighted by Gasteiger charge is 2.42. The van der Waals surface area contributed by atoms with Crippen molar-refractivity contribution in [3.05, 3.63) is 30.3 Å². The fraction of sp³-hybridized carbons (Fsp3) is 0.562. The molecule has 0 aliphatic carbocycles. The summed E-state index contributed by atoms with van der Waals surface area (Å²) in [6, 6.07) is 10.7. The Balaban J connectivity index is 1.53. The first-order valence-corrected chi connectivity index (χ1v) is 7.68. The van der Waals surface area contributed by atoms with Gasteiger partial charge in [0.25, 0.3) is 0 Å². The van der Waals surface area contributed by atoms with Gasteiger partial charge in [-0.15, -0.1) is 0 Å². The van der Waals surface area contributed by atoms with E-state index in [0.29, 0.717) is 6.04 Å². The largest absolute Gasteiger partial charge is 0.324 e. The van der Waals surface area contributed by atoms with Crippen LogP contribution in [-0.4, -0.2) is 54.6 Å². The topological polar surface area (TPSA) is 26.8 Å². The molecule has 0 saturated carbocycles. The quantitative estimate of drug-likeness (QED) is 0.823. The lowest BCUT2D eigenvalue weighted by Gasteiger charge is -2.47. The van der Waals surface area contributed by atoms with E-state index in [4.69, 9.17) is 0 Å². The van der Waals surface area contributed by atoms with E-state index in [2.05, 4.69) is 9.80 Å². The lowest BCUT2D eigenvalue weighted by atomic mass is 9.83. The summed E-state index contributed by atoms with van der Waals surface area (Å²) in [5.41, 5.74) is 1.03. The number of hydrogen-bond acceptors (Lipinski definition) is 2. The average Bonchev–Trinajstić information content (AvgIpc) is 2.91. The molecule has 1 atom stereocenters. The number of nitrogens with zero attached hydrogens (tertiary/aromatic N) is 3. The van der Waals surface area contributed by atoms with Crippen molar-refractivity contribution in [3.63, 3.8) is 0 Å². The van der Waals surface area contributed by atoms with Gasteiger partial charge in [0, 0.05) is 31.4 Å². The average molecular weight is 271 g/mol. The molecule has 4 heterocycles. The Bertz CT molecular complexity index is 496. The van der Waals surface area contributed by atoms with Gasteiger partial charge in [0.1, 0.15) is 0 Å². The predicted octanol–water partition coefficient (Wildman–Crippen LogP) is 2.02. The van der Waals surface area contributed by atoms with Crippen LogP contribution in [0.1, 0.15) is 12.8 Å². The fourth-order valence-corrected chi connectivity index (χ4v) is 4.00. The van der Waals surface area contributed by atoms with Crippen LogP contribution in [0.4, 0.5) is 10.5 Å². The number of carbonyl (C=O) groups is 1. The van der Waals surface area contributed by atoms with E-state index in [1.165, 1.54) is 25.9 Å². The number of amides is 2. The first-order chi connectivity index (χ1) is 9.83. The smallest absolute Gasteiger partial charge is 0.318 e. The van der Waals surface area contributed by atoms with E-state index in [0.717, 1.165) is 31.2 Å². The molecular formula is C16H21N3O. The molecule has 0 aromatic heterocycles. The highest BCUT2D eigenvalue weighted by Crippen LogP contribution is 2.33. The summed E-state index contributed by atoms with van der Waals surface area (Å²) in [5.74, 6) is 0.722. The molecule has 0 spiro atoms. The van der Waals surface area contributed by atoms with Crippen LogP contribution in [0.5, 0.6) is 0 Å². The molecule has 1 unspecified atom stereocenters. The summed E-state index contributed by atoms with van der Waals surface area (Å²) in [6.45, 7) is 5.24. The molecule has 1 aromatic rings. The van der Waals surface area contributed by atoms with Crippen LogP contribution in [-0.2, 0) is 0 Å². The number of urea groups is 1. The lowest BCUT2D eigenvalue weighted by molar-refractivity contribution is 0.0300. The molecule has 106 valence electrons. The zero-order valence-electron chi connectivity index (χ0n) is 11.7. The standard InChI is InChI=1S/C16H21N3O/c20-16-18(14-4-2-1-3-5-14)10-11-19(16)15-12-17-8-6-13(15)7-9-17/h1-5,13,15H,6-12H2. The molecule has 0 radical (unpaired) electrons. The molecule has 5 rings (SSSR count). The second-order valence-electron chi connectivity index (χ2n) is 6.17. The number of para-hydroxylation sites is 1. The van der Waals surface area contributed by atoms with E-state index in [1.807, 2.05) is 35.2 Å². The van der Waals surface area contributed by atoms with E-state index in [9.17, 15) is 4.79 Å². The summed E-state index contributed by atoms with van der Waals surface area (Å²) in [4.78, 5) is 19.3. The van der Waals surface area contributed by atoms with Gasteiger partial charge in [0.15, 0.2) is 0 Å². The number of fused-ring (bicyclic) bond motifs is 3. The van der Waals surface area contributed by atoms with Crippen LogP contribution in [0.15, 0.2) is 30.3 Å². The van der Waals surface area contributed by atoms with Gasteiger partial charge in [-0.1, -0.05) is 18.2 Å². The molecule has 2 bridgehead atoms. The minimum atomic E-state index is 0.204. The minimum Gasteiger partial charge on any atom is -0.318 e. The van der Waals surface area contributed by atoms with Crippen molar-refractivity contribution in [2.45, 2.75) is 18.9 Å². The van der Waals surface area contributed by atoms with Gasteiger partial charge in [-0.3, -0.25) is 4.90 Å². The molecule has 4 aliphatic rings. The van der Waals surface area contributed by atoms with Crippen molar-refractivity contribution in [1.82, 2.24) is 9.80 Å². The molecule has 4 heteroatoms. The van der Waals surface area contributed by atoms with E-state index >= 15 is 0 Å². The number of piperidine rings is 3. The molecule has 1 aromatic carbocycles. The van der Waals surface area contributed by atoms with Crippen LogP contribution >= 0.6 is 0 Å². The third-order valence-electron chi connectivity index (χ3n) is 5.13. The van der Waals surface area contributed by atoms with Gasteiger partial charge in [0.05, 0.1) is 0 Å². The summed E-state index contributed by atoms with van der Waals surface area (Å²) in [7, 11) is 0. The molecule has 4 saturated heterocycles. The van der Waals surface area contributed by atoms with Gasteiger partial charge in [-0.25, -0.2) is 4.79 Å². The van der Waals surface area contributed by atoms with Crippen molar-refractivity contribution < 1.29 is 4.79 Å². The minimum absolute atomic E-state index is 0.204. The first kappa shape index (κ1) is 12.2. The van der Waals surface area contributed by atoms with Crippen LogP contribution in [0.3, 0.4) is 0 Å². The summed E-state index contributed by atoms with van der Waals surface area (Å²) >= 11 is 0. The number of anilines is 1. The van der Waals surface area contributed by atoms with Crippen molar-refractivity contribution in [3.8, 4) is 0 Å². The predicted molar refractivity (Wildman–Crippen MR) is 78.8 cm³/mol. The normalized spacial score (nSPS) is 33.0. The number of carbonyl (C=O) groups excluding carboxylic acids is 1. The monoisotopic (exact) mass is 271 g/mol. The highest BCUT2D eigenvalue weighted by atomic mass is 16.2.